The van der Waals surface area contributed by atoms with Crippen LogP contribution in [0.4, 0.5) is 4.39 Å². The van der Waals surface area contributed by atoms with Gasteiger partial charge in [0.2, 0.25) is 0 Å². The summed E-state index contributed by atoms with van der Waals surface area (Å²) in [5.74, 6) is 0.700. The molecular formula is C23H22BrClFNO3. The second-order valence-corrected chi connectivity index (χ2v) is 7.95. The largest absolute Gasteiger partial charge is 0.493 e. The molecule has 0 amide bonds. The van der Waals surface area contributed by atoms with Crippen molar-refractivity contribution in [2.24, 2.45) is 0 Å². The van der Waals surface area contributed by atoms with E-state index in [0.29, 0.717) is 35.2 Å². The van der Waals surface area contributed by atoms with E-state index in [1.807, 2.05) is 42.5 Å². The van der Waals surface area contributed by atoms with Crippen LogP contribution in [0.5, 0.6) is 11.5 Å². The first-order chi connectivity index (χ1) is 14.5. The topological polar surface area (TPSA) is 50.7 Å². The Balaban J connectivity index is 1.63. The van der Waals surface area contributed by atoms with Gasteiger partial charge in [0.15, 0.2) is 11.5 Å². The summed E-state index contributed by atoms with van der Waals surface area (Å²) in [7, 11) is 1.57. The first kappa shape index (κ1) is 22.6. The molecule has 3 rings (SSSR count). The lowest BCUT2D eigenvalue weighted by atomic mass is 10.1. The molecule has 158 valence electrons. The summed E-state index contributed by atoms with van der Waals surface area (Å²) in [6, 6.07) is 17.5. The Morgan fingerprint density at radius 1 is 1.13 bits per heavy atom. The molecule has 3 aromatic rings. The number of benzene rings is 3. The van der Waals surface area contributed by atoms with E-state index >= 15 is 0 Å². The Bertz CT molecular complexity index is 988. The van der Waals surface area contributed by atoms with Crippen molar-refractivity contribution >= 4 is 27.5 Å². The zero-order valence-corrected chi connectivity index (χ0v) is 18.7. The third-order valence-electron chi connectivity index (χ3n) is 4.53. The minimum atomic E-state index is -0.584. The predicted molar refractivity (Wildman–Crippen MR) is 120 cm³/mol. The van der Waals surface area contributed by atoms with E-state index in [2.05, 4.69) is 21.2 Å². The molecule has 0 spiro atoms. The Labute approximate surface area is 188 Å². The van der Waals surface area contributed by atoms with Crippen molar-refractivity contribution < 1.29 is 19.0 Å². The highest BCUT2D eigenvalue weighted by Crippen LogP contribution is 2.37. The van der Waals surface area contributed by atoms with Crippen LogP contribution in [0.15, 0.2) is 65.1 Å². The van der Waals surface area contributed by atoms with Crippen LogP contribution < -0.4 is 14.8 Å². The number of aliphatic hydroxyl groups excluding tert-OH is 1. The van der Waals surface area contributed by atoms with Crippen LogP contribution in [-0.2, 0) is 13.2 Å². The first-order valence-electron chi connectivity index (χ1n) is 9.34. The third kappa shape index (κ3) is 5.95. The normalized spacial score (nSPS) is 11.9. The van der Waals surface area contributed by atoms with Crippen molar-refractivity contribution in [3.05, 3.63) is 92.7 Å². The summed E-state index contributed by atoms with van der Waals surface area (Å²) in [6.07, 6.45) is -0.584. The number of ether oxygens (including phenoxy) is 2. The zero-order valence-electron chi connectivity index (χ0n) is 16.4. The average molecular weight is 495 g/mol. The van der Waals surface area contributed by atoms with Gasteiger partial charge in [-0.2, -0.15) is 0 Å². The maximum absolute atomic E-state index is 13.2. The van der Waals surface area contributed by atoms with E-state index in [9.17, 15) is 9.50 Å². The van der Waals surface area contributed by atoms with Crippen molar-refractivity contribution in [3.63, 3.8) is 0 Å². The van der Waals surface area contributed by atoms with Gasteiger partial charge in [-0.1, -0.05) is 48.0 Å². The van der Waals surface area contributed by atoms with Crippen LogP contribution in [0, 0.1) is 5.82 Å². The lowest BCUT2D eigenvalue weighted by Crippen LogP contribution is -2.21. The van der Waals surface area contributed by atoms with Crippen LogP contribution in [0.25, 0.3) is 0 Å². The van der Waals surface area contributed by atoms with E-state index in [4.69, 9.17) is 21.1 Å². The number of methoxy groups -OCH3 is 1. The summed E-state index contributed by atoms with van der Waals surface area (Å²) in [4.78, 5) is 0. The molecule has 0 aliphatic rings. The monoisotopic (exact) mass is 493 g/mol. The van der Waals surface area contributed by atoms with Crippen LogP contribution in [0.2, 0.25) is 5.02 Å². The summed E-state index contributed by atoms with van der Waals surface area (Å²) in [5.41, 5.74) is 2.51. The summed E-state index contributed by atoms with van der Waals surface area (Å²) < 4.78 is 25.3. The van der Waals surface area contributed by atoms with Gasteiger partial charge in [-0.15, -0.1) is 0 Å². The standard InChI is InChI=1S/C23H22BrClFNO3/c1-29-22-10-15(12-27-13-21(28)16-5-3-2-4-6-16)9-19(24)23(22)30-14-17-7-8-18(26)11-20(17)25/h2-11,21,27-28H,12-14H2,1H3/t21-/m0/s1. The maximum Gasteiger partial charge on any atom is 0.175 e. The van der Waals surface area contributed by atoms with Crippen LogP contribution in [-0.4, -0.2) is 18.8 Å². The van der Waals surface area contributed by atoms with Gasteiger partial charge < -0.3 is 19.9 Å². The molecule has 0 unspecified atom stereocenters. The van der Waals surface area contributed by atoms with Gasteiger partial charge in [0, 0.05) is 18.7 Å². The molecule has 30 heavy (non-hydrogen) atoms. The molecule has 0 saturated carbocycles. The molecule has 0 bridgehead atoms. The fraction of sp³-hybridized carbons (Fsp3) is 0.217. The molecule has 0 aliphatic carbocycles. The molecule has 4 nitrogen and oxygen atoms in total. The van der Waals surface area contributed by atoms with E-state index in [1.165, 1.54) is 12.1 Å². The van der Waals surface area contributed by atoms with Gasteiger partial charge in [-0.25, -0.2) is 4.39 Å². The van der Waals surface area contributed by atoms with E-state index in [-0.39, 0.29) is 6.61 Å². The fourth-order valence-electron chi connectivity index (χ4n) is 2.95. The minimum Gasteiger partial charge on any atom is -0.493 e. The second-order valence-electron chi connectivity index (χ2n) is 6.69. The predicted octanol–water partition coefficient (Wildman–Crippen LogP) is 5.65. The van der Waals surface area contributed by atoms with Gasteiger partial charge >= 0.3 is 0 Å². The molecule has 2 N–H and O–H groups in total. The number of rotatable bonds is 9. The molecule has 0 aliphatic heterocycles. The van der Waals surface area contributed by atoms with E-state index in [0.717, 1.165) is 15.6 Å². The van der Waals surface area contributed by atoms with Gasteiger partial charge in [-0.05, 0) is 51.3 Å². The summed E-state index contributed by atoms with van der Waals surface area (Å²) in [6.45, 7) is 1.14. The van der Waals surface area contributed by atoms with Crippen LogP contribution in [0.3, 0.4) is 0 Å². The highest BCUT2D eigenvalue weighted by molar-refractivity contribution is 9.10. The minimum absolute atomic E-state index is 0.176. The molecule has 0 fully saturated rings. The van der Waals surface area contributed by atoms with Gasteiger partial charge in [0.1, 0.15) is 12.4 Å². The second kappa shape index (κ2) is 10.8. The van der Waals surface area contributed by atoms with Crippen molar-refractivity contribution in [3.8, 4) is 11.5 Å². The molecule has 0 radical (unpaired) electrons. The lowest BCUT2D eigenvalue weighted by molar-refractivity contribution is 0.174. The summed E-state index contributed by atoms with van der Waals surface area (Å²) in [5, 5.41) is 13.8. The van der Waals surface area contributed by atoms with E-state index in [1.54, 1.807) is 13.2 Å². The van der Waals surface area contributed by atoms with Crippen molar-refractivity contribution in [2.45, 2.75) is 19.3 Å². The third-order valence-corrected chi connectivity index (χ3v) is 5.47. The number of hydrogen-bond acceptors (Lipinski definition) is 4. The molecule has 0 heterocycles. The quantitative estimate of drug-likeness (QED) is 0.403. The Morgan fingerprint density at radius 2 is 1.90 bits per heavy atom. The molecule has 1 atom stereocenters. The first-order valence-corrected chi connectivity index (χ1v) is 10.5. The molecule has 7 heteroatoms. The molecular weight excluding hydrogens is 473 g/mol. The smallest absolute Gasteiger partial charge is 0.175 e. The molecule has 3 aromatic carbocycles. The Kier molecular flexibility index (Phi) is 8.10. The van der Waals surface area contributed by atoms with Crippen molar-refractivity contribution in [2.75, 3.05) is 13.7 Å². The zero-order chi connectivity index (χ0) is 21.5. The number of halogens is 3. The van der Waals surface area contributed by atoms with Crippen molar-refractivity contribution in [1.29, 1.82) is 0 Å². The van der Waals surface area contributed by atoms with Gasteiger partial charge in [0.25, 0.3) is 0 Å². The Hall–Kier alpha value is -2.12. The highest BCUT2D eigenvalue weighted by Gasteiger charge is 2.14. The maximum atomic E-state index is 13.2. The van der Waals surface area contributed by atoms with E-state index < -0.39 is 11.9 Å². The number of aliphatic hydroxyl groups is 1. The number of hydrogen-bond donors (Lipinski definition) is 2. The average Bonchev–Trinajstić information content (AvgIpc) is 2.74. The summed E-state index contributed by atoms with van der Waals surface area (Å²) >= 11 is 9.59. The Morgan fingerprint density at radius 3 is 2.60 bits per heavy atom. The van der Waals surface area contributed by atoms with Crippen LogP contribution >= 0.6 is 27.5 Å². The number of nitrogens with one attached hydrogen (secondary N) is 1. The fourth-order valence-corrected chi connectivity index (χ4v) is 3.78. The SMILES string of the molecule is COc1cc(CNC[C@H](O)c2ccccc2)cc(Br)c1OCc1ccc(F)cc1Cl. The molecule has 0 aromatic heterocycles. The van der Waals surface area contributed by atoms with Gasteiger partial charge in [-0.3, -0.25) is 0 Å². The molecule has 0 saturated heterocycles. The van der Waals surface area contributed by atoms with Crippen molar-refractivity contribution in [1.82, 2.24) is 5.32 Å². The van der Waals surface area contributed by atoms with Gasteiger partial charge in [0.05, 0.1) is 22.7 Å². The van der Waals surface area contributed by atoms with Crippen LogP contribution in [0.1, 0.15) is 22.8 Å². The lowest BCUT2D eigenvalue weighted by Gasteiger charge is -2.16. The highest BCUT2D eigenvalue weighted by atomic mass is 79.9.